The molecule has 3 rings (SSSR count). The first-order chi connectivity index (χ1) is 6.84. The summed E-state index contributed by atoms with van der Waals surface area (Å²) < 4.78 is 5.55. The van der Waals surface area contributed by atoms with Gasteiger partial charge in [-0.2, -0.15) is 4.98 Å². The largest absolute Gasteiger partial charge is 0.438 e. The molecule has 1 aliphatic rings. The van der Waals surface area contributed by atoms with Crippen LogP contribution in [-0.2, 0) is 5.41 Å². The number of fused-ring (bicyclic) bond motifs is 1. The van der Waals surface area contributed by atoms with E-state index in [-0.39, 0.29) is 12.0 Å². The molecule has 0 aliphatic heterocycles. The molecule has 1 fully saturated rings. The van der Waals surface area contributed by atoms with Gasteiger partial charge in [0.05, 0.1) is 12.0 Å². The van der Waals surface area contributed by atoms with Gasteiger partial charge in [0.15, 0.2) is 11.2 Å². The summed E-state index contributed by atoms with van der Waals surface area (Å²) in [6.07, 6.45) is 3.60. The monoisotopic (exact) mass is 190 g/mol. The van der Waals surface area contributed by atoms with Gasteiger partial charge in [-0.25, -0.2) is 4.98 Å². The quantitative estimate of drug-likeness (QED) is 0.774. The number of aliphatic hydroxyl groups is 1. The first-order valence-corrected chi connectivity index (χ1v) is 4.67. The Morgan fingerprint density at radius 2 is 2.36 bits per heavy atom. The Balaban J connectivity index is 2.15. The molecule has 0 unspecified atom stereocenters. The van der Waals surface area contributed by atoms with E-state index in [9.17, 15) is 5.11 Å². The maximum Gasteiger partial charge on any atom is 0.205 e. The number of aliphatic hydroxyl groups excluding tert-OH is 1. The summed E-state index contributed by atoms with van der Waals surface area (Å²) in [6.45, 7) is 0.111. The summed E-state index contributed by atoms with van der Waals surface area (Å²) in [5.74, 6) is 0.633. The Morgan fingerprint density at radius 3 is 3.00 bits per heavy atom. The van der Waals surface area contributed by atoms with Crippen molar-refractivity contribution in [2.45, 2.75) is 18.3 Å². The number of pyridine rings is 1. The lowest BCUT2D eigenvalue weighted by Gasteiger charge is -2.03. The minimum Gasteiger partial charge on any atom is -0.438 e. The van der Waals surface area contributed by atoms with Crippen molar-refractivity contribution in [1.29, 1.82) is 0 Å². The summed E-state index contributed by atoms with van der Waals surface area (Å²) >= 11 is 0. The van der Waals surface area contributed by atoms with E-state index in [1.165, 1.54) is 0 Å². The molecule has 1 aliphatic carbocycles. The van der Waals surface area contributed by atoms with Crippen LogP contribution in [0.5, 0.6) is 0 Å². The van der Waals surface area contributed by atoms with Crippen LogP contribution in [0, 0.1) is 0 Å². The van der Waals surface area contributed by atoms with Crippen molar-refractivity contribution in [2.24, 2.45) is 0 Å². The fraction of sp³-hybridized carbons (Fsp3) is 0.400. The second-order valence-corrected chi connectivity index (χ2v) is 3.78. The second kappa shape index (κ2) is 2.54. The summed E-state index contributed by atoms with van der Waals surface area (Å²) in [7, 11) is 0. The van der Waals surface area contributed by atoms with Gasteiger partial charge in [0.25, 0.3) is 0 Å². The van der Waals surface area contributed by atoms with Gasteiger partial charge in [0.2, 0.25) is 5.89 Å². The maximum absolute atomic E-state index is 9.21. The minimum absolute atomic E-state index is 0.111. The molecule has 0 radical (unpaired) electrons. The van der Waals surface area contributed by atoms with E-state index >= 15 is 0 Å². The van der Waals surface area contributed by atoms with Crippen LogP contribution in [0.2, 0.25) is 0 Å². The van der Waals surface area contributed by atoms with E-state index in [1.807, 2.05) is 12.1 Å². The van der Waals surface area contributed by atoms with Gasteiger partial charge >= 0.3 is 0 Å². The lowest BCUT2D eigenvalue weighted by atomic mass is 10.1. The Labute approximate surface area is 80.6 Å². The minimum atomic E-state index is -0.208. The molecule has 0 saturated heterocycles. The average molecular weight is 190 g/mol. The zero-order valence-electron chi connectivity index (χ0n) is 7.60. The highest BCUT2D eigenvalue weighted by atomic mass is 16.4. The van der Waals surface area contributed by atoms with Crippen LogP contribution >= 0.6 is 0 Å². The topological polar surface area (TPSA) is 59.2 Å². The second-order valence-electron chi connectivity index (χ2n) is 3.78. The van der Waals surface area contributed by atoms with Gasteiger partial charge in [-0.1, -0.05) is 0 Å². The first kappa shape index (κ1) is 7.94. The zero-order chi connectivity index (χ0) is 9.60. The molecular formula is C10H10N2O2. The van der Waals surface area contributed by atoms with Crippen molar-refractivity contribution in [3.05, 3.63) is 24.2 Å². The third kappa shape index (κ3) is 0.974. The molecule has 2 aromatic heterocycles. The van der Waals surface area contributed by atoms with Crippen LogP contribution in [0.25, 0.3) is 11.2 Å². The fourth-order valence-corrected chi connectivity index (χ4v) is 1.59. The Kier molecular flexibility index (Phi) is 1.44. The number of rotatable bonds is 2. The van der Waals surface area contributed by atoms with Crippen LogP contribution in [0.3, 0.4) is 0 Å². The molecule has 0 spiro atoms. The van der Waals surface area contributed by atoms with E-state index in [4.69, 9.17) is 4.42 Å². The Morgan fingerprint density at radius 1 is 1.50 bits per heavy atom. The average Bonchev–Trinajstić information content (AvgIpc) is 2.91. The smallest absolute Gasteiger partial charge is 0.205 e. The maximum atomic E-state index is 9.21. The molecule has 72 valence electrons. The molecule has 4 nitrogen and oxygen atoms in total. The number of hydrogen-bond acceptors (Lipinski definition) is 4. The molecule has 0 aromatic carbocycles. The number of aromatic nitrogens is 2. The van der Waals surface area contributed by atoms with E-state index in [1.54, 1.807) is 6.20 Å². The molecule has 1 saturated carbocycles. The number of hydrogen-bond donors (Lipinski definition) is 1. The molecule has 4 heteroatoms. The highest BCUT2D eigenvalue weighted by Gasteiger charge is 2.48. The van der Waals surface area contributed by atoms with Crippen molar-refractivity contribution in [3.63, 3.8) is 0 Å². The SMILES string of the molecule is OCC1(c2nc3ncccc3o2)CC1. The van der Waals surface area contributed by atoms with Crippen molar-refractivity contribution >= 4 is 11.2 Å². The van der Waals surface area contributed by atoms with Crippen molar-refractivity contribution in [2.75, 3.05) is 6.61 Å². The van der Waals surface area contributed by atoms with E-state index in [0.29, 0.717) is 17.1 Å². The van der Waals surface area contributed by atoms with Crippen LogP contribution in [-0.4, -0.2) is 21.7 Å². The Hall–Kier alpha value is -1.42. The Bertz CT molecular complexity index is 441. The lowest BCUT2D eigenvalue weighted by molar-refractivity contribution is 0.235. The van der Waals surface area contributed by atoms with Gasteiger partial charge in [0.1, 0.15) is 0 Å². The van der Waals surface area contributed by atoms with Gasteiger partial charge < -0.3 is 9.52 Å². The van der Waals surface area contributed by atoms with Crippen molar-refractivity contribution < 1.29 is 9.52 Å². The molecule has 0 bridgehead atoms. The van der Waals surface area contributed by atoms with E-state index in [0.717, 1.165) is 12.8 Å². The molecule has 1 N–H and O–H groups in total. The van der Waals surface area contributed by atoms with E-state index < -0.39 is 0 Å². The van der Waals surface area contributed by atoms with Crippen LogP contribution in [0.4, 0.5) is 0 Å². The fourth-order valence-electron chi connectivity index (χ4n) is 1.59. The lowest BCUT2D eigenvalue weighted by Crippen LogP contribution is -2.11. The molecule has 2 heterocycles. The number of oxazole rings is 1. The summed E-state index contributed by atoms with van der Waals surface area (Å²) in [5.41, 5.74) is 1.12. The number of nitrogens with zero attached hydrogens (tertiary/aromatic N) is 2. The van der Waals surface area contributed by atoms with Crippen LogP contribution in [0.15, 0.2) is 22.7 Å². The standard InChI is InChI=1S/C10H10N2O2/c13-6-10(3-4-10)9-12-8-7(14-9)2-1-5-11-8/h1-2,5,13H,3-4,6H2. The highest BCUT2D eigenvalue weighted by molar-refractivity contribution is 5.67. The molecule has 0 amide bonds. The molecular weight excluding hydrogens is 180 g/mol. The first-order valence-electron chi connectivity index (χ1n) is 4.67. The highest BCUT2D eigenvalue weighted by Crippen LogP contribution is 2.47. The van der Waals surface area contributed by atoms with Crippen molar-refractivity contribution in [3.8, 4) is 0 Å². The van der Waals surface area contributed by atoms with Crippen molar-refractivity contribution in [1.82, 2.24) is 9.97 Å². The molecule has 14 heavy (non-hydrogen) atoms. The predicted octanol–water partition coefficient (Wildman–Crippen LogP) is 1.25. The summed E-state index contributed by atoms with van der Waals surface area (Å²) in [6, 6.07) is 3.65. The third-order valence-electron chi connectivity index (χ3n) is 2.77. The van der Waals surface area contributed by atoms with Gasteiger partial charge in [0, 0.05) is 6.20 Å². The third-order valence-corrected chi connectivity index (χ3v) is 2.77. The predicted molar refractivity (Wildman–Crippen MR) is 49.8 cm³/mol. The van der Waals surface area contributed by atoms with Crippen LogP contribution < -0.4 is 0 Å². The molecule has 0 atom stereocenters. The zero-order valence-corrected chi connectivity index (χ0v) is 7.60. The van der Waals surface area contributed by atoms with Gasteiger partial charge in [-0.15, -0.1) is 0 Å². The summed E-state index contributed by atoms with van der Waals surface area (Å²) in [4.78, 5) is 8.37. The molecule has 2 aromatic rings. The van der Waals surface area contributed by atoms with Gasteiger partial charge in [-0.05, 0) is 25.0 Å². The van der Waals surface area contributed by atoms with E-state index in [2.05, 4.69) is 9.97 Å². The summed E-state index contributed by atoms with van der Waals surface area (Å²) in [5, 5.41) is 9.21. The van der Waals surface area contributed by atoms with Gasteiger partial charge in [-0.3, -0.25) is 0 Å². The van der Waals surface area contributed by atoms with Crippen LogP contribution in [0.1, 0.15) is 18.7 Å². The normalized spacial score (nSPS) is 18.6.